The highest BCUT2D eigenvalue weighted by Crippen LogP contribution is 2.22. The zero-order valence-corrected chi connectivity index (χ0v) is 19.1. The molecule has 12 heteroatoms. The Hall–Kier alpha value is -3.67. The molecule has 4 unspecified atom stereocenters. The van der Waals surface area contributed by atoms with Crippen molar-refractivity contribution in [3.8, 4) is 5.75 Å². The summed E-state index contributed by atoms with van der Waals surface area (Å²) < 4.78 is 0. The predicted octanol–water partition coefficient (Wildman–Crippen LogP) is -0.712. The van der Waals surface area contributed by atoms with E-state index in [9.17, 15) is 39.3 Å². The van der Waals surface area contributed by atoms with E-state index >= 15 is 0 Å². The quantitative estimate of drug-likeness (QED) is 0.297. The van der Waals surface area contributed by atoms with Gasteiger partial charge in [-0.2, -0.15) is 0 Å². The van der Waals surface area contributed by atoms with Crippen molar-refractivity contribution in [2.75, 3.05) is 13.1 Å². The van der Waals surface area contributed by atoms with Crippen molar-refractivity contribution in [2.45, 2.75) is 62.7 Å². The van der Waals surface area contributed by atoms with Gasteiger partial charge in [0.25, 0.3) is 0 Å². The Morgan fingerprint density at radius 1 is 0.943 bits per heavy atom. The summed E-state index contributed by atoms with van der Waals surface area (Å²) in [7, 11) is 0. The smallest absolute Gasteiger partial charge is 0.326 e. The molecule has 1 aromatic rings. The molecule has 3 rings (SSSR count). The molecule has 2 aliphatic heterocycles. The number of aliphatic carboxylic acids is 2. The third-order valence-electron chi connectivity index (χ3n) is 6.36. The molecule has 12 nitrogen and oxygen atoms in total. The number of carboxylic acids is 2. The van der Waals surface area contributed by atoms with Crippen LogP contribution in [0.5, 0.6) is 5.75 Å². The lowest BCUT2D eigenvalue weighted by Crippen LogP contribution is -2.57. The molecule has 0 bridgehead atoms. The number of hydrogen-bond acceptors (Lipinski definition) is 7. The fraction of sp³-hybridized carbons (Fsp3) is 0.522. The standard InChI is InChI=1S/C23H30N4O8/c24-15(11-13-5-7-14(28)8-6-13)21(32)26-9-1-3-17(26)20(31)25-16(12-19(29)30)22(33)27-10-2-4-18(27)23(34)35/h5-8,15-18,28H,1-4,9-12,24H2,(H,25,31)(H,29,30)(H,34,35). The van der Waals surface area contributed by atoms with E-state index in [-0.39, 0.29) is 31.7 Å². The molecule has 190 valence electrons. The summed E-state index contributed by atoms with van der Waals surface area (Å²) in [6.07, 6.45) is 1.03. The van der Waals surface area contributed by atoms with Gasteiger partial charge in [0.15, 0.2) is 0 Å². The van der Waals surface area contributed by atoms with E-state index in [0.29, 0.717) is 19.3 Å². The molecule has 0 aromatic heterocycles. The highest BCUT2D eigenvalue weighted by atomic mass is 16.4. The van der Waals surface area contributed by atoms with Gasteiger partial charge in [-0.15, -0.1) is 0 Å². The number of nitrogens with two attached hydrogens (primary N) is 1. The Morgan fingerprint density at radius 3 is 2.09 bits per heavy atom. The number of nitrogens with zero attached hydrogens (tertiary/aromatic N) is 2. The van der Waals surface area contributed by atoms with Crippen LogP contribution in [0.15, 0.2) is 24.3 Å². The van der Waals surface area contributed by atoms with E-state index in [0.717, 1.165) is 10.5 Å². The van der Waals surface area contributed by atoms with Crippen LogP contribution in [-0.4, -0.2) is 92.0 Å². The molecule has 2 saturated heterocycles. The highest BCUT2D eigenvalue weighted by molar-refractivity contribution is 5.96. The molecule has 2 aliphatic rings. The Bertz CT molecular complexity index is 982. The topological polar surface area (TPSA) is 191 Å². The summed E-state index contributed by atoms with van der Waals surface area (Å²) in [6, 6.07) is 1.85. The van der Waals surface area contributed by atoms with E-state index in [1.165, 1.54) is 17.0 Å². The summed E-state index contributed by atoms with van der Waals surface area (Å²) >= 11 is 0. The van der Waals surface area contributed by atoms with Crippen LogP contribution < -0.4 is 11.1 Å². The van der Waals surface area contributed by atoms with Gasteiger partial charge in [-0.3, -0.25) is 19.2 Å². The van der Waals surface area contributed by atoms with Crippen molar-refractivity contribution in [3.05, 3.63) is 29.8 Å². The monoisotopic (exact) mass is 490 g/mol. The zero-order chi connectivity index (χ0) is 25.7. The number of benzene rings is 1. The molecule has 2 heterocycles. The van der Waals surface area contributed by atoms with Gasteiger partial charge in [-0.25, -0.2) is 4.79 Å². The molecule has 6 N–H and O–H groups in total. The molecule has 0 saturated carbocycles. The summed E-state index contributed by atoms with van der Waals surface area (Å²) in [6.45, 7) is 0.437. The Kier molecular flexibility index (Phi) is 8.28. The number of amides is 3. The van der Waals surface area contributed by atoms with Gasteiger partial charge < -0.3 is 36.2 Å². The second kappa shape index (κ2) is 11.2. The average Bonchev–Trinajstić information content (AvgIpc) is 3.49. The summed E-state index contributed by atoms with van der Waals surface area (Å²) in [5.74, 6) is -4.35. The molecule has 3 amide bonds. The predicted molar refractivity (Wildman–Crippen MR) is 121 cm³/mol. The number of nitrogens with one attached hydrogen (secondary N) is 1. The lowest BCUT2D eigenvalue weighted by molar-refractivity contribution is -0.151. The van der Waals surface area contributed by atoms with Gasteiger partial charge in [-0.1, -0.05) is 12.1 Å². The normalized spacial score (nSPS) is 21.4. The second-order valence-corrected chi connectivity index (χ2v) is 8.85. The third-order valence-corrected chi connectivity index (χ3v) is 6.36. The van der Waals surface area contributed by atoms with Gasteiger partial charge in [0.2, 0.25) is 17.7 Å². The number of aromatic hydroxyl groups is 1. The van der Waals surface area contributed by atoms with E-state index in [1.54, 1.807) is 12.1 Å². The maximum atomic E-state index is 13.1. The minimum absolute atomic E-state index is 0.0824. The minimum Gasteiger partial charge on any atom is -0.508 e. The number of phenols is 1. The van der Waals surface area contributed by atoms with Crippen molar-refractivity contribution in [1.82, 2.24) is 15.1 Å². The maximum Gasteiger partial charge on any atom is 0.326 e. The van der Waals surface area contributed by atoms with Crippen LogP contribution in [0.3, 0.4) is 0 Å². The van der Waals surface area contributed by atoms with Gasteiger partial charge in [0, 0.05) is 13.1 Å². The average molecular weight is 491 g/mol. The van der Waals surface area contributed by atoms with Crippen LogP contribution in [0.2, 0.25) is 0 Å². The second-order valence-electron chi connectivity index (χ2n) is 8.85. The van der Waals surface area contributed by atoms with Crippen LogP contribution >= 0.6 is 0 Å². The summed E-state index contributed by atoms with van der Waals surface area (Å²) in [4.78, 5) is 64.2. The van der Waals surface area contributed by atoms with Crippen LogP contribution in [0, 0.1) is 0 Å². The highest BCUT2D eigenvalue weighted by Gasteiger charge is 2.41. The lowest BCUT2D eigenvalue weighted by Gasteiger charge is -2.30. The van der Waals surface area contributed by atoms with Crippen molar-refractivity contribution >= 4 is 29.7 Å². The largest absolute Gasteiger partial charge is 0.508 e. The van der Waals surface area contributed by atoms with Crippen molar-refractivity contribution < 1.29 is 39.3 Å². The van der Waals surface area contributed by atoms with Crippen LogP contribution in [0.4, 0.5) is 0 Å². The first-order chi connectivity index (χ1) is 16.6. The van der Waals surface area contributed by atoms with Crippen LogP contribution in [0.25, 0.3) is 0 Å². The SMILES string of the molecule is NC(Cc1ccc(O)cc1)C(=O)N1CCCC1C(=O)NC(CC(=O)O)C(=O)N1CCCC1C(=O)O. The molecule has 35 heavy (non-hydrogen) atoms. The molecule has 0 radical (unpaired) electrons. The number of carbonyl (C=O) groups excluding carboxylic acids is 3. The van der Waals surface area contributed by atoms with Crippen molar-refractivity contribution in [2.24, 2.45) is 5.73 Å². The van der Waals surface area contributed by atoms with E-state index in [1.807, 2.05) is 0 Å². The van der Waals surface area contributed by atoms with E-state index < -0.39 is 60.2 Å². The van der Waals surface area contributed by atoms with Crippen molar-refractivity contribution in [1.29, 1.82) is 0 Å². The number of likely N-dealkylation sites (tertiary alicyclic amines) is 2. The Labute approximate surface area is 201 Å². The van der Waals surface area contributed by atoms with Crippen molar-refractivity contribution in [3.63, 3.8) is 0 Å². The number of carboxylic acid groups (broad SMARTS) is 2. The summed E-state index contributed by atoms with van der Waals surface area (Å²) in [5.41, 5.74) is 6.82. The Balaban J connectivity index is 1.68. The number of rotatable bonds is 9. The molecule has 2 fully saturated rings. The fourth-order valence-corrected chi connectivity index (χ4v) is 4.62. The molecular weight excluding hydrogens is 460 g/mol. The molecule has 0 aliphatic carbocycles. The van der Waals surface area contributed by atoms with Crippen LogP contribution in [-0.2, 0) is 30.4 Å². The van der Waals surface area contributed by atoms with Crippen LogP contribution in [0.1, 0.15) is 37.7 Å². The summed E-state index contributed by atoms with van der Waals surface area (Å²) in [5, 5.41) is 30.5. The van der Waals surface area contributed by atoms with Gasteiger partial charge in [0.1, 0.15) is 23.9 Å². The van der Waals surface area contributed by atoms with Gasteiger partial charge in [-0.05, 0) is 49.8 Å². The molecule has 0 spiro atoms. The first-order valence-corrected chi connectivity index (χ1v) is 11.5. The van der Waals surface area contributed by atoms with E-state index in [4.69, 9.17) is 5.73 Å². The number of phenolic OH excluding ortho intramolecular Hbond substituents is 1. The fourth-order valence-electron chi connectivity index (χ4n) is 4.62. The molecule has 4 atom stereocenters. The minimum atomic E-state index is -1.46. The Morgan fingerprint density at radius 2 is 1.51 bits per heavy atom. The molecule has 1 aromatic carbocycles. The molecular formula is C23H30N4O8. The first kappa shape index (κ1) is 25.9. The zero-order valence-electron chi connectivity index (χ0n) is 19.1. The van der Waals surface area contributed by atoms with Gasteiger partial charge in [0.05, 0.1) is 12.5 Å². The third kappa shape index (κ3) is 6.27. The first-order valence-electron chi connectivity index (χ1n) is 11.5. The van der Waals surface area contributed by atoms with Gasteiger partial charge >= 0.3 is 11.9 Å². The number of hydrogen-bond donors (Lipinski definition) is 5. The maximum absolute atomic E-state index is 13.1. The van der Waals surface area contributed by atoms with E-state index in [2.05, 4.69) is 5.32 Å². The number of carbonyl (C=O) groups is 5. The lowest BCUT2D eigenvalue weighted by atomic mass is 10.0.